The molecule has 84 valence electrons. The van der Waals surface area contributed by atoms with Gasteiger partial charge in [0.1, 0.15) is 0 Å². The van der Waals surface area contributed by atoms with Gasteiger partial charge in [0.2, 0.25) is 0 Å². The molecule has 0 amide bonds. The molecule has 2 aromatic heterocycles. The zero-order valence-electron chi connectivity index (χ0n) is 9.63. The fourth-order valence-corrected chi connectivity index (χ4v) is 2.40. The summed E-state index contributed by atoms with van der Waals surface area (Å²) >= 11 is 1.39. The number of rotatable bonds is 1. The van der Waals surface area contributed by atoms with Crippen LogP contribution in [0.3, 0.4) is 0 Å². The zero-order chi connectivity index (χ0) is 11.9. The Kier molecular flexibility index (Phi) is 2.59. The molecule has 0 aliphatic heterocycles. The topological polar surface area (TPSA) is 37.8 Å². The van der Waals surface area contributed by atoms with Crippen molar-refractivity contribution in [3.8, 4) is 0 Å². The molecule has 16 heavy (non-hydrogen) atoms. The fourth-order valence-electron chi connectivity index (χ4n) is 1.66. The van der Waals surface area contributed by atoms with Crippen LogP contribution in [0, 0.1) is 13.8 Å². The lowest BCUT2D eigenvalue weighted by Crippen LogP contribution is -2.19. The van der Waals surface area contributed by atoms with Crippen molar-refractivity contribution < 1.29 is 0 Å². The van der Waals surface area contributed by atoms with E-state index in [4.69, 9.17) is 0 Å². The van der Waals surface area contributed by atoms with Crippen molar-refractivity contribution in [2.24, 2.45) is 7.05 Å². The van der Waals surface area contributed by atoms with Gasteiger partial charge in [0.25, 0.3) is 5.56 Å². The minimum atomic E-state index is -0.0593. The molecule has 0 aromatic carbocycles. The Morgan fingerprint density at radius 3 is 2.62 bits per heavy atom. The van der Waals surface area contributed by atoms with Gasteiger partial charge in [-0.05, 0) is 31.6 Å². The van der Waals surface area contributed by atoms with E-state index in [2.05, 4.69) is 29.1 Å². The van der Waals surface area contributed by atoms with E-state index in [0.29, 0.717) is 9.20 Å². The summed E-state index contributed by atoms with van der Waals surface area (Å²) in [6.07, 6.45) is 1.92. The van der Waals surface area contributed by atoms with Crippen molar-refractivity contribution in [3.05, 3.63) is 42.6 Å². The largest absolute Gasteiger partial charge is 0.352 e. The molecule has 2 rings (SSSR count). The number of H-pyrrole nitrogens is 1. The van der Waals surface area contributed by atoms with Crippen molar-refractivity contribution >= 4 is 24.0 Å². The molecule has 4 heteroatoms. The van der Waals surface area contributed by atoms with Gasteiger partial charge in [-0.25, -0.2) is 0 Å². The maximum Gasteiger partial charge on any atom is 0.266 e. The van der Waals surface area contributed by atoms with Gasteiger partial charge in [0.15, 0.2) is 0 Å². The normalized spacial score (nSPS) is 12.3. The van der Waals surface area contributed by atoms with Crippen molar-refractivity contribution in [2.75, 3.05) is 0 Å². The lowest BCUT2D eigenvalue weighted by molar-refractivity contribution is 0.843. The summed E-state index contributed by atoms with van der Waals surface area (Å²) in [4.78, 5) is 14.2. The average Bonchev–Trinajstić information content (AvgIpc) is 2.64. The summed E-state index contributed by atoms with van der Waals surface area (Å²) in [5, 5.41) is 0. The van der Waals surface area contributed by atoms with Crippen LogP contribution in [-0.2, 0) is 7.05 Å². The molecule has 0 atom stereocenters. The van der Waals surface area contributed by atoms with Crippen LogP contribution in [0.25, 0.3) is 12.7 Å². The Labute approximate surface area is 97.4 Å². The van der Waals surface area contributed by atoms with Crippen LogP contribution in [0.15, 0.2) is 10.9 Å². The van der Waals surface area contributed by atoms with Crippen molar-refractivity contribution in [1.29, 1.82) is 0 Å². The Balaban J connectivity index is 2.68. The first-order valence-electron chi connectivity index (χ1n) is 5.02. The third-order valence-corrected chi connectivity index (χ3v) is 3.68. The lowest BCUT2D eigenvalue weighted by Gasteiger charge is -1.98. The van der Waals surface area contributed by atoms with Gasteiger partial charge in [-0.3, -0.25) is 4.79 Å². The first kappa shape index (κ1) is 11.0. The zero-order valence-corrected chi connectivity index (χ0v) is 10.4. The molecule has 2 heterocycles. The molecule has 2 aromatic rings. The van der Waals surface area contributed by atoms with Gasteiger partial charge >= 0.3 is 0 Å². The molecule has 1 N–H and O–H groups in total. The van der Waals surface area contributed by atoms with E-state index in [-0.39, 0.29) is 5.56 Å². The van der Waals surface area contributed by atoms with Gasteiger partial charge in [-0.15, -0.1) is 11.3 Å². The number of hydrogen-bond donors (Lipinski definition) is 1. The van der Waals surface area contributed by atoms with Crippen molar-refractivity contribution in [3.63, 3.8) is 0 Å². The molecule has 0 aliphatic carbocycles. The number of nitrogens with one attached hydrogen (secondary N) is 1. The second-order valence-electron chi connectivity index (χ2n) is 3.87. The molecular weight excluding hydrogens is 220 g/mol. The van der Waals surface area contributed by atoms with Crippen LogP contribution in [-0.4, -0.2) is 9.55 Å². The van der Waals surface area contributed by atoms with Crippen LogP contribution < -0.4 is 14.8 Å². The van der Waals surface area contributed by atoms with Crippen LogP contribution >= 0.6 is 11.3 Å². The smallest absolute Gasteiger partial charge is 0.266 e. The van der Waals surface area contributed by atoms with Gasteiger partial charge < -0.3 is 9.55 Å². The first-order chi connectivity index (χ1) is 7.49. The minimum absolute atomic E-state index is 0.0593. The maximum atomic E-state index is 11.5. The second-order valence-corrected chi connectivity index (χ2v) is 5.01. The standard InChI is InChI=1S/C12H14N2OS/c1-7-5-10(8(2)14(7)4)6-11-12(15)13-9(3)16-11/h5-6H,3H2,1-2,4H3,(H,13,15)/b11-6+. The third-order valence-electron chi connectivity index (χ3n) is 2.81. The Morgan fingerprint density at radius 2 is 2.19 bits per heavy atom. The molecule has 0 bridgehead atoms. The minimum Gasteiger partial charge on any atom is -0.352 e. The van der Waals surface area contributed by atoms with E-state index in [9.17, 15) is 4.79 Å². The summed E-state index contributed by atoms with van der Waals surface area (Å²) in [6, 6.07) is 2.08. The quantitative estimate of drug-likeness (QED) is 0.772. The Hall–Kier alpha value is -1.55. The molecule has 0 spiro atoms. The summed E-state index contributed by atoms with van der Waals surface area (Å²) < 4.78 is 3.51. The number of thiazole rings is 1. The van der Waals surface area contributed by atoms with Crippen molar-refractivity contribution in [2.45, 2.75) is 13.8 Å². The van der Waals surface area contributed by atoms with Gasteiger partial charge in [-0.1, -0.05) is 6.58 Å². The summed E-state index contributed by atoms with van der Waals surface area (Å²) in [5.74, 6) is 0. The number of nitrogens with zero attached hydrogens (tertiary/aromatic N) is 1. The second kappa shape index (κ2) is 3.79. The van der Waals surface area contributed by atoms with Crippen LogP contribution in [0.5, 0.6) is 0 Å². The first-order valence-corrected chi connectivity index (χ1v) is 5.83. The summed E-state index contributed by atoms with van der Waals surface area (Å²) in [5.41, 5.74) is 3.38. The maximum absolute atomic E-state index is 11.5. The number of aromatic amines is 1. The predicted molar refractivity (Wildman–Crippen MR) is 68.2 cm³/mol. The summed E-state index contributed by atoms with van der Waals surface area (Å²) in [6.45, 7) is 7.83. The third kappa shape index (κ3) is 1.76. The van der Waals surface area contributed by atoms with Crippen LogP contribution in [0.4, 0.5) is 0 Å². The molecule has 0 fully saturated rings. The Morgan fingerprint density at radius 1 is 1.50 bits per heavy atom. The highest BCUT2D eigenvalue weighted by Crippen LogP contribution is 2.13. The highest BCUT2D eigenvalue weighted by atomic mass is 32.1. The monoisotopic (exact) mass is 234 g/mol. The number of hydrogen-bond acceptors (Lipinski definition) is 2. The average molecular weight is 234 g/mol. The van der Waals surface area contributed by atoms with Gasteiger partial charge in [0.05, 0.1) is 9.20 Å². The van der Waals surface area contributed by atoms with Gasteiger partial charge in [-0.2, -0.15) is 0 Å². The highest BCUT2D eigenvalue weighted by Gasteiger charge is 2.03. The molecular formula is C12H14N2OS. The Bertz CT molecular complexity index is 688. The fraction of sp³-hybridized carbons (Fsp3) is 0.250. The molecule has 0 saturated carbocycles. The lowest BCUT2D eigenvalue weighted by atomic mass is 10.2. The predicted octanol–water partition coefficient (Wildman–Crippen LogP) is 0.631. The molecule has 0 saturated heterocycles. The molecule has 0 aliphatic rings. The molecule has 0 unspecified atom stereocenters. The van der Waals surface area contributed by atoms with E-state index < -0.39 is 0 Å². The van der Waals surface area contributed by atoms with Gasteiger partial charge in [0, 0.05) is 18.4 Å². The summed E-state index contributed by atoms with van der Waals surface area (Å²) in [7, 11) is 2.02. The van der Waals surface area contributed by atoms with Crippen molar-refractivity contribution in [1.82, 2.24) is 9.55 Å². The SMILES string of the molecule is C=c1[nH]c(=O)/c(=C\c2cc(C)n(C)c2C)s1. The van der Waals surface area contributed by atoms with E-state index in [1.807, 2.05) is 20.0 Å². The number of aryl methyl sites for hydroxylation is 1. The molecule has 3 nitrogen and oxygen atoms in total. The van der Waals surface area contributed by atoms with E-state index in [1.54, 1.807) is 0 Å². The van der Waals surface area contributed by atoms with E-state index >= 15 is 0 Å². The van der Waals surface area contributed by atoms with E-state index in [1.165, 1.54) is 17.0 Å². The van der Waals surface area contributed by atoms with Crippen LogP contribution in [0.2, 0.25) is 0 Å². The van der Waals surface area contributed by atoms with Crippen LogP contribution in [0.1, 0.15) is 17.0 Å². The number of aromatic nitrogens is 2. The van der Waals surface area contributed by atoms with E-state index in [0.717, 1.165) is 11.3 Å². The highest BCUT2D eigenvalue weighted by molar-refractivity contribution is 7.07. The molecule has 0 radical (unpaired) electrons.